The van der Waals surface area contributed by atoms with E-state index in [9.17, 15) is 14.4 Å². The van der Waals surface area contributed by atoms with E-state index >= 15 is 0 Å². The van der Waals surface area contributed by atoms with Gasteiger partial charge in [0, 0.05) is 5.69 Å². The highest BCUT2D eigenvalue weighted by Crippen LogP contribution is 2.32. The van der Waals surface area contributed by atoms with Crippen LogP contribution in [-0.4, -0.2) is 48.5 Å². The van der Waals surface area contributed by atoms with Gasteiger partial charge in [-0.2, -0.15) is 5.11 Å². The van der Waals surface area contributed by atoms with Crippen molar-refractivity contribution in [2.45, 2.75) is 12.1 Å². The molecule has 3 aromatic rings. The lowest BCUT2D eigenvalue weighted by Gasteiger charge is -2.20. The Bertz CT molecular complexity index is 1280. The Balaban J connectivity index is 1.21. The zero-order valence-electron chi connectivity index (χ0n) is 18.7. The Morgan fingerprint density at radius 3 is 2.23 bits per heavy atom. The van der Waals surface area contributed by atoms with Crippen molar-refractivity contribution in [1.82, 2.24) is 5.01 Å². The summed E-state index contributed by atoms with van der Waals surface area (Å²) in [5.74, 6) is 0.572. The van der Waals surface area contributed by atoms with Crippen molar-refractivity contribution >= 4 is 29.1 Å². The van der Waals surface area contributed by atoms with E-state index in [1.807, 2.05) is 30.3 Å². The Hall–Kier alpha value is -4.73. The highest BCUT2D eigenvalue weighted by atomic mass is 16.5. The third-order valence-corrected chi connectivity index (χ3v) is 5.61. The van der Waals surface area contributed by atoms with Crippen LogP contribution in [0.5, 0.6) is 17.2 Å². The quantitative estimate of drug-likeness (QED) is 0.529. The van der Waals surface area contributed by atoms with Gasteiger partial charge in [-0.05, 0) is 60.7 Å². The van der Waals surface area contributed by atoms with Crippen LogP contribution in [0.2, 0.25) is 0 Å². The molecule has 2 aliphatic rings. The second-order valence-electron chi connectivity index (χ2n) is 7.89. The minimum Gasteiger partial charge on any atom is -0.497 e. The molecule has 0 saturated carbocycles. The number of hydrogen-bond donors (Lipinski definition) is 1. The van der Waals surface area contributed by atoms with E-state index in [1.165, 1.54) is 12.1 Å². The molecule has 0 aromatic heterocycles. The fraction of sp³-hybridized carbons (Fsp3) is 0.160. The Morgan fingerprint density at radius 2 is 1.54 bits per heavy atom. The van der Waals surface area contributed by atoms with Gasteiger partial charge in [0.1, 0.15) is 23.8 Å². The molecule has 2 atom stereocenters. The van der Waals surface area contributed by atoms with Crippen molar-refractivity contribution in [3.8, 4) is 17.2 Å². The largest absolute Gasteiger partial charge is 0.497 e. The molecule has 176 valence electrons. The van der Waals surface area contributed by atoms with Crippen molar-refractivity contribution in [3.63, 3.8) is 0 Å². The Kier molecular flexibility index (Phi) is 5.84. The maximum atomic E-state index is 13.1. The van der Waals surface area contributed by atoms with Crippen molar-refractivity contribution in [1.29, 1.82) is 0 Å². The maximum absolute atomic E-state index is 13.1. The molecule has 3 aromatic carbocycles. The van der Waals surface area contributed by atoms with E-state index < -0.39 is 29.8 Å². The lowest BCUT2D eigenvalue weighted by molar-refractivity contribution is -0.123. The topological polar surface area (TPSA) is 113 Å². The molecule has 1 N–H and O–H groups in total. The molecule has 0 spiro atoms. The summed E-state index contributed by atoms with van der Waals surface area (Å²) in [5, 5.41) is 11.9. The molecule has 10 heteroatoms. The summed E-state index contributed by atoms with van der Waals surface area (Å²) in [5.41, 5.74) is 0.962. The predicted octanol–water partition coefficient (Wildman–Crippen LogP) is 3.42. The molecule has 10 nitrogen and oxygen atoms in total. The van der Waals surface area contributed by atoms with Crippen LogP contribution in [-0.2, 0) is 14.4 Å². The average molecular weight is 471 g/mol. The number of methoxy groups -OCH3 is 1. The van der Waals surface area contributed by atoms with Gasteiger partial charge < -0.3 is 14.8 Å². The van der Waals surface area contributed by atoms with E-state index in [1.54, 1.807) is 48.5 Å². The van der Waals surface area contributed by atoms with E-state index in [4.69, 9.17) is 9.47 Å². The van der Waals surface area contributed by atoms with Gasteiger partial charge in [0.25, 0.3) is 11.8 Å². The first kappa shape index (κ1) is 22.1. The summed E-state index contributed by atoms with van der Waals surface area (Å²) in [6, 6.07) is 20.9. The summed E-state index contributed by atoms with van der Waals surface area (Å²) in [4.78, 5) is 39.6. The van der Waals surface area contributed by atoms with E-state index in [0.717, 1.165) is 4.90 Å². The number of fused-ring (bicyclic) bond motifs is 1. The lowest BCUT2D eigenvalue weighted by atomic mass is 10.1. The van der Waals surface area contributed by atoms with Crippen LogP contribution < -0.4 is 19.7 Å². The van der Waals surface area contributed by atoms with Crippen molar-refractivity contribution < 1.29 is 23.9 Å². The van der Waals surface area contributed by atoms with Gasteiger partial charge >= 0.3 is 0 Å². The molecular formula is C25H21N5O5. The van der Waals surface area contributed by atoms with Crippen molar-refractivity contribution in [2.24, 2.45) is 10.3 Å². The molecule has 0 bridgehead atoms. The molecule has 35 heavy (non-hydrogen) atoms. The number of hydrogen-bond acceptors (Lipinski definition) is 8. The number of nitrogens with one attached hydrogen (secondary N) is 1. The number of imide groups is 1. The van der Waals surface area contributed by atoms with E-state index in [-0.39, 0.29) is 6.54 Å². The molecule has 0 radical (unpaired) electrons. The van der Waals surface area contributed by atoms with Crippen LogP contribution in [0.15, 0.2) is 89.2 Å². The number of carbonyl (C=O) groups excluding carboxylic acids is 3. The molecule has 2 aliphatic heterocycles. The molecule has 0 unspecified atom stereocenters. The second kappa shape index (κ2) is 9.26. The monoisotopic (exact) mass is 471 g/mol. The number of benzene rings is 3. The molecule has 1 saturated heterocycles. The van der Waals surface area contributed by atoms with Gasteiger partial charge in [-0.1, -0.05) is 23.4 Å². The Morgan fingerprint density at radius 1 is 0.886 bits per heavy atom. The fourth-order valence-electron chi connectivity index (χ4n) is 3.92. The summed E-state index contributed by atoms with van der Waals surface area (Å²) in [6.07, 6.45) is 0. The molecular weight excluding hydrogens is 450 g/mol. The maximum Gasteiger partial charge on any atom is 0.263 e. The number of para-hydroxylation sites is 1. The number of anilines is 2. The number of carbonyl (C=O) groups is 3. The van der Waals surface area contributed by atoms with Crippen LogP contribution in [0.1, 0.15) is 0 Å². The van der Waals surface area contributed by atoms with Gasteiger partial charge in [-0.25, -0.2) is 4.90 Å². The van der Waals surface area contributed by atoms with Crippen molar-refractivity contribution in [3.05, 3.63) is 78.9 Å². The fourth-order valence-corrected chi connectivity index (χ4v) is 3.92. The lowest BCUT2D eigenvalue weighted by Crippen LogP contribution is -2.43. The van der Waals surface area contributed by atoms with E-state index in [2.05, 4.69) is 15.7 Å². The Labute approximate surface area is 200 Å². The van der Waals surface area contributed by atoms with E-state index in [0.29, 0.717) is 28.6 Å². The molecule has 1 fully saturated rings. The zero-order chi connectivity index (χ0) is 24.4. The summed E-state index contributed by atoms with van der Waals surface area (Å²) in [7, 11) is 1.53. The standard InChI is InChI=1S/C25H21N5O5/c1-34-18-13-9-17(10-14-18)30-24(32)22-23(25(30)33)29(28-27-22)15-21(31)26-16-7-11-20(12-8-16)35-19-5-3-2-4-6-19/h2-14,22-23H,15H2,1H3,(H,26,31)/t22-,23-/m1/s1. The number of ether oxygens (including phenoxy) is 2. The summed E-state index contributed by atoms with van der Waals surface area (Å²) in [6.45, 7) is -0.234. The van der Waals surface area contributed by atoms with Gasteiger partial charge in [-0.3, -0.25) is 19.4 Å². The highest BCUT2D eigenvalue weighted by Gasteiger charge is 2.55. The first-order chi connectivity index (χ1) is 17.0. The molecule has 5 rings (SSSR count). The van der Waals surface area contributed by atoms with Crippen LogP contribution in [0, 0.1) is 0 Å². The predicted molar refractivity (Wildman–Crippen MR) is 126 cm³/mol. The summed E-state index contributed by atoms with van der Waals surface area (Å²) < 4.78 is 10.9. The van der Waals surface area contributed by atoms with Crippen LogP contribution in [0.4, 0.5) is 11.4 Å². The SMILES string of the molecule is COc1ccc(N2C(=O)[C@@H]3N=NN(CC(=O)Nc4ccc(Oc5ccccc5)cc4)[C@H]3C2=O)cc1. The van der Waals surface area contributed by atoms with Gasteiger partial charge in [0.2, 0.25) is 5.91 Å². The number of nitrogens with zero attached hydrogens (tertiary/aromatic N) is 4. The third-order valence-electron chi connectivity index (χ3n) is 5.61. The minimum atomic E-state index is -0.980. The van der Waals surface area contributed by atoms with Crippen LogP contribution in [0.3, 0.4) is 0 Å². The molecule has 0 aliphatic carbocycles. The van der Waals surface area contributed by atoms with Crippen LogP contribution >= 0.6 is 0 Å². The average Bonchev–Trinajstić information content (AvgIpc) is 3.40. The van der Waals surface area contributed by atoms with Gasteiger partial charge in [-0.15, -0.1) is 0 Å². The van der Waals surface area contributed by atoms with Crippen molar-refractivity contribution in [2.75, 3.05) is 23.9 Å². The smallest absolute Gasteiger partial charge is 0.263 e. The molecule has 2 heterocycles. The first-order valence-corrected chi connectivity index (χ1v) is 10.9. The summed E-state index contributed by atoms with van der Waals surface area (Å²) >= 11 is 0. The number of amides is 3. The first-order valence-electron chi connectivity index (χ1n) is 10.9. The highest BCUT2D eigenvalue weighted by molar-refractivity contribution is 6.25. The molecule has 3 amide bonds. The second-order valence-corrected chi connectivity index (χ2v) is 7.89. The van der Waals surface area contributed by atoms with Gasteiger partial charge in [0.15, 0.2) is 12.1 Å². The van der Waals surface area contributed by atoms with Gasteiger partial charge in [0.05, 0.1) is 12.8 Å². The normalized spacial score (nSPS) is 18.5. The van der Waals surface area contributed by atoms with Crippen LogP contribution in [0.25, 0.3) is 0 Å². The third kappa shape index (κ3) is 4.41. The number of rotatable bonds is 7. The zero-order valence-corrected chi connectivity index (χ0v) is 18.7. The minimum absolute atomic E-state index is 0.234.